The van der Waals surface area contributed by atoms with Crippen LogP contribution in [0.4, 0.5) is 5.69 Å². The molecule has 3 aliphatic heterocycles. The number of nitrogens with zero attached hydrogens (tertiary/aromatic N) is 2. The van der Waals surface area contributed by atoms with E-state index in [1.165, 1.54) is 4.90 Å². The Kier molecular flexibility index (Phi) is 8.10. The van der Waals surface area contributed by atoms with Gasteiger partial charge in [-0.15, -0.1) is 24.9 Å². The summed E-state index contributed by atoms with van der Waals surface area (Å²) >= 11 is 1.58. The van der Waals surface area contributed by atoms with Crippen molar-refractivity contribution in [1.29, 1.82) is 0 Å². The van der Waals surface area contributed by atoms with E-state index in [-0.39, 0.29) is 49.3 Å². The van der Waals surface area contributed by atoms with Crippen LogP contribution in [0.15, 0.2) is 49.6 Å². The second kappa shape index (κ2) is 11.1. The van der Waals surface area contributed by atoms with Gasteiger partial charge in [-0.05, 0) is 49.9 Å². The average molecular weight is 515 g/mol. The summed E-state index contributed by atoms with van der Waals surface area (Å²) < 4.78 is 10.1. The molecule has 8 nitrogen and oxygen atoms in total. The number of fused-ring (bicyclic) bond motifs is 1. The first-order chi connectivity index (χ1) is 17.4. The van der Waals surface area contributed by atoms with E-state index in [1.807, 2.05) is 0 Å². The van der Waals surface area contributed by atoms with Crippen LogP contribution in [0.5, 0.6) is 5.75 Å². The molecule has 2 amide bonds. The number of esters is 1. The Morgan fingerprint density at radius 3 is 2.67 bits per heavy atom. The molecule has 3 saturated heterocycles. The Bertz CT molecular complexity index is 1010. The highest BCUT2D eigenvalue weighted by molar-refractivity contribution is 8.02. The van der Waals surface area contributed by atoms with Crippen molar-refractivity contribution in [1.82, 2.24) is 4.90 Å². The number of hydrogen-bond donors (Lipinski definition) is 1. The minimum absolute atomic E-state index is 0.0321. The number of carbonyl (C=O) groups excluding carboxylic acids is 3. The molecule has 1 spiro atoms. The zero-order valence-electron chi connectivity index (χ0n) is 20.6. The third kappa shape index (κ3) is 4.43. The highest BCUT2D eigenvalue weighted by atomic mass is 32.2. The number of rotatable bonds is 12. The number of aliphatic hydroxyl groups is 1. The largest absolute Gasteiger partial charge is 0.497 e. The van der Waals surface area contributed by atoms with E-state index in [1.54, 1.807) is 60.2 Å². The second-order valence-corrected chi connectivity index (χ2v) is 10.9. The maximum Gasteiger partial charge on any atom is 0.310 e. The predicted octanol–water partition coefficient (Wildman–Crippen LogP) is 2.81. The van der Waals surface area contributed by atoms with E-state index in [4.69, 9.17) is 9.47 Å². The predicted molar refractivity (Wildman–Crippen MR) is 139 cm³/mol. The summed E-state index contributed by atoms with van der Waals surface area (Å²) in [6.45, 7) is 7.80. The smallest absolute Gasteiger partial charge is 0.310 e. The molecule has 5 atom stereocenters. The van der Waals surface area contributed by atoms with Gasteiger partial charge in [-0.3, -0.25) is 14.4 Å². The van der Waals surface area contributed by atoms with Gasteiger partial charge < -0.3 is 24.4 Å². The van der Waals surface area contributed by atoms with Gasteiger partial charge in [-0.2, -0.15) is 0 Å². The Hall–Kier alpha value is -2.78. The van der Waals surface area contributed by atoms with Crippen LogP contribution in [-0.4, -0.2) is 77.2 Å². The highest BCUT2D eigenvalue weighted by Gasteiger charge is 2.74. The molecule has 3 fully saturated rings. The van der Waals surface area contributed by atoms with E-state index in [2.05, 4.69) is 13.2 Å². The number of ether oxygens (including phenoxy) is 2. The van der Waals surface area contributed by atoms with Crippen molar-refractivity contribution in [3.63, 3.8) is 0 Å². The molecule has 4 rings (SSSR count). The normalized spacial score (nSPS) is 28.1. The maximum atomic E-state index is 14.2. The first-order valence-corrected chi connectivity index (χ1v) is 13.2. The summed E-state index contributed by atoms with van der Waals surface area (Å²) in [5.41, 5.74) is 0.660. The van der Waals surface area contributed by atoms with Crippen molar-refractivity contribution >= 4 is 35.2 Å². The summed E-state index contributed by atoms with van der Waals surface area (Å²) in [6.07, 6.45) is 6.24. The Morgan fingerprint density at radius 2 is 2.03 bits per heavy atom. The number of allylic oxidation sites excluding steroid dienone is 1. The monoisotopic (exact) mass is 514 g/mol. The topological polar surface area (TPSA) is 96.4 Å². The third-order valence-corrected chi connectivity index (χ3v) is 9.36. The standard InChI is InChI=1S/C27H34N2O6S/c1-4-6-7-17-35-26(33)21-20-12-13-27(36-20)22(21)24(31)29(15-16-30)23(27)25(32)28(14-5-2)18-8-10-19(34-3)11-9-18/h4-5,8-11,20-23,30H,1-2,6-7,12-17H2,3H3/t20-,21+,22-,23?,27?/m0/s1. The molecule has 1 aromatic rings. The van der Waals surface area contributed by atoms with Gasteiger partial charge in [-0.1, -0.05) is 12.2 Å². The van der Waals surface area contributed by atoms with Gasteiger partial charge >= 0.3 is 5.97 Å². The molecule has 2 unspecified atom stereocenters. The molecule has 36 heavy (non-hydrogen) atoms. The SMILES string of the molecule is C=CCCCOC(=O)[C@@H]1[C@@H]2CCC3(S2)C(C(=O)N(CC=C)c2ccc(OC)cc2)N(CCO)C(=O)[C@H]13. The molecular weight excluding hydrogens is 480 g/mol. The van der Waals surface area contributed by atoms with Gasteiger partial charge in [0.25, 0.3) is 5.91 Å². The molecular formula is C27H34N2O6S. The van der Waals surface area contributed by atoms with Crippen LogP contribution in [0.1, 0.15) is 25.7 Å². The van der Waals surface area contributed by atoms with Crippen LogP contribution in [0.2, 0.25) is 0 Å². The van der Waals surface area contributed by atoms with Crippen molar-refractivity contribution in [2.24, 2.45) is 11.8 Å². The zero-order chi connectivity index (χ0) is 25.9. The molecule has 9 heteroatoms. The van der Waals surface area contributed by atoms with Crippen molar-refractivity contribution in [2.45, 2.75) is 41.7 Å². The first kappa shape index (κ1) is 26.3. The molecule has 0 aromatic heterocycles. The minimum atomic E-state index is -0.794. The number of methoxy groups -OCH3 is 1. The molecule has 1 N–H and O–H groups in total. The number of thioether (sulfide) groups is 1. The lowest BCUT2D eigenvalue weighted by Crippen LogP contribution is -2.55. The Labute approximate surface area is 216 Å². The number of aliphatic hydroxyl groups excluding tert-OH is 1. The maximum absolute atomic E-state index is 14.2. The van der Waals surface area contributed by atoms with Crippen molar-refractivity contribution in [3.05, 3.63) is 49.6 Å². The summed E-state index contributed by atoms with van der Waals surface area (Å²) in [5.74, 6) is -1.42. The number of hydrogen-bond acceptors (Lipinski definition) is 7. The van der Waals surface area contributed by atoms with Crippen molar-refractivity contribution in [2.75, 3.05) is 38.3 Å². The summed E-state index contributed by atoms with van der Waals surface area (Å²) in [5, 5.41) is 9.71. The summed E-state index contributed by atoms with van der Waals surface area (Å²) in [6, 6.07) is 6.35. The minimum Gasteiger partial charge on any atom is -0.497 e. The van der Waals surface area contributed by atoms with Crippen LogP contribution >= 0.6 is 11.8 Å². The lowest BCUT2D eigenvalue weighted by Gasteiger charge is -2.37. The van der Waals surface area contributed by atoms with Gasteiger partial charge in [0.05, 0.1) is 36.9 Å². The lowest BCUT2D eigenvalue weighted by molar-refractivity contribution is -0.154. The summed E-state index contributed by atoms with van der Waals surface area (Å²) in [4.78, 5) is 44.2. The Morgan fingerprint density at radius 1 is 1.28 bits per heavy atom. The summed E-state index contributed by atoms with van der Waals surface area (Å²) in [7, 11) is 1.58. The van der Waals surface area contributed by atoms with Crippen LogP contribution < -0.4 is 9.64 Å². The van der Waals surface area contributed by atoms with E-state index >= 15 is 0 Å². The van der Waals surface area contributed by atoms with Gasteiger partial charge in [0.1, 0.15) is 11.8 Å². The number of β-amino-alcohol motifs (C(OH)–C–C–N with tert-alkyl or cyclic N) is 1. The molecule has 0 saturated carbocycles. The fourth-order valence-corrected chi connectivity index (χ4v) is 8.11. The highest BCUT2D eigenvalue weighted by Crippen LogP contribution is 2.66. The Balaban J connectivity index is 1.66. The average Bonchev–Trinajstić information content (AvgIpc) is 3.53. The molecule has 3 aliphatic rings. The van der Waals surface area contributed by atoms with Crippen LogP contribution in [-0.2, 0) is 19.1 Å². The molecule has 1 aromatic carbocycles. The quantitative estimate of drug-likeness (QED) is 0.260. The zero-order valence-corrected chi connectivity index (χ0v) is 21.5. The van der Waals surface area contributed by atoms with Gasteiger partial charge in [0, 0.05) is 24.0 Å². The van der Waals surface area contributed by atoms with Gasteiger partial charge in [0.2, 0.25) is 5.91 Å². The molecule has 194 valence electrons. The van der Waals surface area contributed by atoms with Gasteiger partial charge in [0.15, 0.2) is 0 Å². The third-order valence-electron chi connectivity index (χ3n) is 7.41. The van der Waals surface area contributed by atoms with Crippen LogP contribution in [0.3, 0.4) is 0 Å². The fourth-order valence-electron chi connectivity index (χ4n) is 5.91. The lowest BCUT2D eigenvalue weighted by atomic mass is 9.71. The number of carbonyl (C=O) groups is 3. The van der Waals surface area contributed by atoms with Crippen LogP contribution in [0, 0.1) is 11.8 Å². The number of likely N-dealkylation sites (tertiary alicyclic amines) is 1. The van der Waals surface area contributed by atoms with Crippen LogP contribution in [0.25, 0.3) is 0 Å². The first-order valence-electron chi connectivity index (χ1n) is 12.4. The fraction of sp³-hybridized carbons (Fsp3) is 0.519. The van der Waals surface area contributed by atoms with Crippen molar-refractivity contribution < 1.29 is 29.0 Å². The van der Waals surface area contributed by atoms with E-state index in [0.29, 0.717) is 24.3 Å². The van der Waals surface area contributed by atoms with Gasteiger partial charge in [-0.25, -0.2) is 0 Å². The molecule has 3 heterocycles. The van der Waals surface area contributed by atoms with E-state index in [9.17, 15) is 19.5 Å². The number of amides is 2. The van der Waals surface area contributed by atoms with E-state index < -0.39 is 22.6 Å². The van der Waals surface area contributed by atoms with E-state index in [0.717, 1.165) is 12.8 Å². The molecule has 2 bridgehead atoms. The molecule has 0 aliphatic carbocycles. The number of unbranched alkanes of at least 4 members (excludes halogenated alkanes) is 1. The second-order valence-electron chi connectivity index (χ2n) is 9.35. The number of anilines is 1. The molecule has 0 radical (unpaired) electrons. The number of benzene rings is 1. The van der Waals surface area contributed by atoms with Crippen molar-refractivity contribution in [3.8, 4) is 5.75 Å².